The quantitative estimate of drug-likeness (QED) is 0.271. The summed E-state index contributed by atoms with van der Waals surface area (Å²) in [5.41, 5.74) is 2.01. The van der Waals surface area contributed by atoms with Gasteiger partial charge in [-0.25, -0.2) is 9.78 Å². The van der Waals surface area contributed by atoms with Gasteiger partial charge >= 0.3 is 5.63 Å². The zero-order valence-corrected chi connectivity index (χ0v) is 19.4. The monoisotopic (exact) mass is 404 g/mol. The molecule has 4 nitrogen and oxygen atoms in total. The summed E-state index contributed by atoms with van der Waals surface area (Å²) in [6.07, 6.45) is 20.8. The molecule has 0 saturated carbocycles. The Bertz CT molecular complexity index is 630. The molecule has 1 aromatic heterocycles. The maximum atomic E-state index is 12.1. The number of nitrogens with one attached hydrogen (secondary N) is 1. The molecule has 0 saturated heterocycles. The largest absolute Gasteiger partial charge is 0.389 e. The third-order valence-corrected chi connectivity index (χ3v) is 5.31. The van der Waals surface area contributed by atoms with Crippen LogP contribution in [0.25, 0.3) is 6.08 Å². The number of unbranched alkanes of at least 4 members (excludes halogenated alkanes) is 13. The molecule has 29 heavy (non-hydrogen) atoms. The van der Waals surface area contributed by atoms with Crippen LogP contribution >= 0.6 is 0 Å². The second-order valence-electron chi connectivity index (χ2n) is 8.55. The van der Waals surface area contributed by atoms with Gasteiger partial charge in [-0.1, -0.05) is 96.0 Å². The number of nitrogens with zero attached hydrogens (tertiary/aromatic N) is 1. The van der Waals surface area contributed by atoms with Crippen LogP contribution in [0, 0.1) is 6.92 Å². The Kier molecular flexibility index (Phi) is 14.3. The molecule has 0 amide bonds. The van der Waals surface area contributed by atoms with Crippen LogP contribution < -0.4 is 10.9 Å². The average molecular weight is 405 g/mol. The number of aryl methyl sites for hydroxylation is 1. The van der Waals surface area contributed by atoms with Crippen molar-refractivity contribution >= 4 is 12.1 Å². The predicted octanol–water partition coefficient (Wildman–Crippen LogP) is 7.66. The van der Waals surface area contributed by atoms with Crippen molar-refractivity contribution in [1.29, 1.82) is 0 Å². The van der Waals surface area contributed by atoms with Gasteiger partial charge in [-0.05, 0) is 33.3 Å². The van der Waals surface area contributed by atoms with Crippen molar-refractivity contribution in [3.8, 4) is 0 Å². The van der Waals surface area contributed by atoms with Gasteiger partial charge in [0.05, 0.1) is 11.3 Å². The standard InChI is InChI=1S/C25H44N2O2/c1-5-6-7-8-9-10-11-12-13-14-15-16-17-18-19-26-25-27-22(4)23(20-21(2)3)24(28)29-25/h20H,5-19H2,1-4H3,(H,26,27). The molecule has 0 unspecified atom stereocenters. The fourth-order valence-electron chi connectivity index (χ4n) is 3.57. The summed E-state index contributed by atoms with van der Waals surface area (Å²) in [5.74, 6) is 0. The first kappa shape index (κ1) is 25.5. The van der Waals surface area contributed by atoms with Crippen molar-refractivity contribution in [2.45, 2.75) is 118 Å². The van der Waals surface area contributed by atoms with E-state index in [2.05, 4.69) is 17.2 Å². The van der Waals surface area contributed by atoms with E-state index < -0.39 is 0 Å². The second-order valence-corrected chi connectivity index (χ2v) is 8.55. The number of hydrogen-bond acceptors (Lipinski definition) is 4. The molecule has 4 heteroatoms. The highest BCUT2D eigenvalue weighted by atomic mass is 16.4. The van der Waals surface area contributed by atoms with E-state index in [1.54, 1.807) is 0 Å². The maximum absolute atomic E-state index is 12.1. The van der Waals surface area contributed by atoms with Gasteiger partial charge in [-0.3, -0.25) is 0 Å². The number of hydrogen-bond donors (Lipinski definition) is 1. The van der Waals surface area contributed by atoms with Gasteiger partial charge in [0.25, 0.3) is 6.01 Å². The Morgan fingerprint density at radius 1 is 0.862 bits per heavy atom. The summed E-state index contributed by atoms with van der Waals surface area (Å²) in [6, 6.07) is 0.341. The van der Waals surface area contributed by atoms with Crippen molar-refractivity contribution in [3.05, 3.63) is 27.3 Å². The van der Waals surface area contributed by atoms with Crippen LogP contribution in [0.3, 0.4) is 0 Å². The van der Waals surface area contributed by atoms with E-state index in [-0.39, 0.29) is 5.63 Å². The molecule has 1 N–H and O–H groups in total. The van der Waals surface area contributed by atoms with E-state index in [4.69, 9.17) is 4.42 Å². The predicted molar refractivity (Wildman–Crippen MR) is 126 cm³/mol. The molecule has 1 aromatic rings. The van der Waals surface area contributed by atoms with Crippen LogP contribution in [0.5, 0.6) is 0 Å². The lowest BCUT2D eigenvalue weighted by atomic mass is 10.0. The Labute approximate surface area is 178 Å². The van der Waals surface area contributed by atoms with Gasteiger partial charge in [0.2, 0.25) is 0 Å². The van der Waals surface area contributed by atoms with E-state index in [0.29, 0.717) is 17.3 Å². The molecule has 0 aliphatic heterocycles. The van der Waals surface area contributed by atoms with E-state index in [1.807, 2.05) is 26.8 Å². The third-order valence-electron chi connectivity index (χ3n) is 5.31. The van der Waals surface area contributed by atoms with Crippen LogP contribution in [-0.4, -0.2) is 11.5 Å². The van der Waals surface area contributed by atoms with Crippen LogP contribution in [-0.2, 0) is 0 Å². The van der Waals surface area contributed by atoms with E-state index in [9.17, 15) is 4.79 Å². The van der Waals surface area contributed by atoms with Crippen LogP contribution in [0.15, 0.2) is 14.8 Å². The summed E-state index contributed by atoms with van der Waals surface area (Å²) in [6.45, 7) is 8.85. The van der Waals surface area contributed by atoms with Gasteiger partial charge in [0.1, 0.15) is 0 Å². The maximum Gasteiger partial charge on any atom is 0.347 e. The topological polar surface area (TPSA) is 55.1 Å². The first-order chi connectivity index (χ1) is 14.0. The molecular formula is C25H44N2O2. The summed E-state index contributed by atoms with van der Waals surface area (Å²) in [7, 11) is 0. The molecule has 1 rings (SSSR count). The van der Waals surface area contributed by atoms with Crippen molar-refractivity contribution in [3.63, 3.8) is 0 Å². The van der Waals surface area contributed by atoms with Crippen molar-refractivity contribution in [2.24, 2.45) is 0 Å². The zero-order chi connectivity index (χ0) is 21.3. The lowest BCUT2D eigenvalue weighted by Gasteiger charge is -2.06. The molecule has 1 heterocycles. The molecule has 0 aliphatic rings. The van der Waals surface area contributed by atoms with E-state index in [0.717, 1.165) is 18.5 Å². The third kappa shape index (κ3) is 12.6. The van der Waals surface area contributed by atoms with E-state index >= 15 is 0 Å². The smallest absolute Gasteiger partial charge is 0.347 e. The molecule has 0 radical (unpaired) electrons. The molecule has 0 aromatic carbocycles. The molecule has 166 valence electrons. The Hall–Kier alpha value is -1.58. The van der Waals surface area contributed by atoms with Gasteiger partial charge in [-0.15, -0.1) is 0 Å². The Balaban J connectivity index is 2.01. The van der Waals surface area contributed by atoms with Crippen LogP contribution in [0.1, 0.15) is 122 Å². The summed E-state index contributed by atoms with van der Waals surface area (Å²) in [5, 5.41) is 3.15. The summed E-state index contributed by atoms with van der Waals surface area (Å²) in [4.78, 5) is 16.4. The average Bonchev–Trinajstić information content (AvgIpc) is 2.67. The van der Waals surface area contributed by atoms with Crippen molar-refractivity contribution in [2.75, 3.05) is 11.9 Å². The van der Waals surface area contributed by atoms with Crippen molar-refractivity contribution < 1.29 is 4.42 Å². The lowest BCUT2D eigenvalue weighted by molar-refractivity contribution is 0.498. The minimum atomic E-state index is -0.317. The van der Waals surface area contributed by atoms with Gasteiger partial charge in [0.15, 0.2) is 0 Å². The minimum absolute atomic E-state index is 0.317. The molecule has 0 bridgehead atoms. The number of anilines is 1. The summed E-state index contributed by atoms with van der Waals surface area (Å²) >= 11 is 0. The molecule has 0 spiro atoms. The molecule has 0 fully saturated rings. The van der Waals surface area contributed by atoms with Gasteiger partial charge in [0, 0.05) is 6.54 Å². The fourth-order valence-corrected chi connectivity index (χ4v) is 3.57. The first-order valence-electron chi connectivity index (χ1n) is 11.9. The number of allylic oxidation sites excluding steroid dienone is 1. The van der Waals surface area contributed by atoms with Gasteiger partial charge in [-0.2, -0.15) is 0 Å². The summed E-state index contributed by atoms with van der Waals surface area (Å²) < 4.78 is 5.29. The highest BCUT2D eigenvalue weighted by molar-refractivity contribution is 5.53. The lowest BCUT2D eigenvalue weighted by Crippen LogP contribution is -2.12. The normalized spacial score (nSPS) is 10.9. The zero-order valence-electron chi connectivity index (χ0n) is 19.4. The van der Waals surface area contributed by atoms with Crippen LogP contribution in [0.2, 0.25) is 0 Å². The molecular weight excluding hydrogens is 360 g/mol. The first-order valence-corrected chi connectivity index (χ1v) is 11.9. The fraction of sp³-hybridized carbons (Fsp3) is 0.760. The second kappa shape index (κ2) is 16.2. The van der Waals surface area contributed by atoms with Crippen LogP contribution in [0.4, 0.5) is 6.01 Å². The highest BCUT2D eigenvalue weighted by Crippen LogP contribution is 2.13. The minimum Gasteiger partial charge on any atom is -0.389 e. The van der Waals surface area contributed by atoms with Gasteiger partial charge < -0.3 is 9.73 Å². The highest BCUT2D eigenvalue weighted by Gasteiger charge is 2.08. The molecule has 0 atom stereocenters. The Morgan fingerprint density at radius 3 is 1.79 bits per heavy atom. The van der Waals surface area contributed by atoms with Crippen molar-refractivity contribution in [1.82, 2.24) is 4.98 Å². The molecule has 0 aliphatic carbocycles. The number of aromatic nitrogens is 1. The Morgan fingerprint density at radius 2 is 1.34 bits per heavy atom. The SMILES string of the molecule is CCCCCCCCCCCCCCCCNc1nc(C)c(C=C(C)C)c(=O)o1. The number of rotatable bonds is 17. The van der Waals surface area contributed by atoms with E-state index in [1.165, 1.54) is 83.5 Å².